The monoisotopic (exact) mass is 137 g/mol. The van der Waals surface area contributed by atoms with Gasteiger partial charge in [-0.05, 0) is 30.5 Å². The van der Waals surface area contributed by atoms with Gasteiger partial charge >= 0.3 is 0 Å². The van der Waals surface area contributed by atoms with E-state index in [2.05, 4.69) is 0 Å². The van der Waals surface area contributed by atoms with Crippen molar-refractivity contribution >= 4 is 0 Å². The van der Waals surface area contributed by atoms with Crippen molar-refractivity contribution in [3.8, 4) is 0 Å². The summed E-state index contributed by atoms with van der Waals surface area (Å²) in [5.41, 5.74) is 2.69. The maximum absolute atomic E-state index is 9.05. The number of hydrogen-bond donors (Lipinski definition) is 1. The summed E-state index contributed by atoms with van der Waals surface area (Å²) in [6.07, 6.45) is 0. The van der Waals surface area contributed by atoms with Crippen LogP contribution in [0.25, 0.3) is 0 Å². The molecule has 1 heteroatoms. The van der Waals surface area contributed by atoms with Gasteiger partial charge in [0.2, 0.25) is 0 Å². The second-order valence-corrected chi connectivity index (χ2v) is 2.43. The van der Waals surface area contributed by atoms with E-state index in [0.717, 1.165) is 16.7 Å². The number of benzene rings is 1. The van der Waals surface area contributed by atoms with Crippen molar-refractivity contribution in [3.63, 3.8) is 0 Å². The van der Waals surface area contributed by atoms with Crippen LogP contribution in [0.15, 0.2) is 18.2 Å². The van der Waals surface area contributed by atoms with E-state index < -0.39 is 6.58 Å². The highest BCUT2D eigenvalue weighted by atomic mass is 16.3. The molecule has 0 saturated heterocycles. The zero-order valence-corrected chi connectivity index (χ0v) is 6.26. The molecule has 0 fully saturated rings. The highest BCUT2D eigenvalue weighted by molar-refractivity contribution is 5.32. The van der Waals surface area contributed by atoms with Crippen molar-refractivity contribution in [2.24, 2.45) is 0 Å². The molecule has 54 valence electrons. The Morgan fingerprint density at radius 3 is 2.20 bits per heavy atom. The highest BCUT2D eigenvalue weighted by Gasteiger charge is 1.97. The van der Waals surface area contributed by atoms with Gasteiger partial charge in [-0.25, -0.2) is 0 Å². The van der Waals surface area contributed by atoms with E-state index in [0.29, 0.717) is 0 Å². The van der Waals surface area contributed by atoms with Crippen LogP contribution >= 0.6 is 0 Å². The second kappa shape index (κ2) is 2.84. The van der Waals surface area contributed by atoms with Crippen LogP contribution in [0.2, 0.25) is 0 Å². The Hall–Kier alpha value is -0.820. The third-order valence-corrected chi connectivity index (χ3v) is 1.67. The average molecular weight is 137 g/mol. The summed E-state index contributed by atoms with van der Waals surface area (Å²) in [6, 6.07) is 5.73. The van der Waals surface area contributed by atoms with Crippen molar-refractivity contribution in [1.29, 1.82) is 0 Å². The molecule has 0 aliphatic carbocycles. The summed E-state index contributed by atoms with van der Waals surface area (Å²) in [4.78, 5) is 0. The summed E-state index contributed by atoms with van der Waals surface area (Å²) < 4.78 is 7.16. The van der Waals surface area contributed by atoms with E-state index in [9.17, 15) is 0 Å². The molecular weight excluding hydrogens is 124 g/mol. The minimum absolute atomic E-state index is 0.729. The molecule has 0 amide bonds. The fourth-order valence-electron chi connectivity index (χ4n) is 1.03. The standard InChI is InChI=1S/C9H12O/c1-7-4-3-5-8(2)9(7)6-10/h3-5,10H,6H2,1-2H3/i6D/t6-/m0/s1. The molecule has 0 saturated carbocycles. The van der Waals surface area contributed by atoms with E-state index in [4.69, 9.17) is 6.48 Å². The highest BCUT2D eigenvalue weighted by Crippen LogP contribution is 2.11. The number of hydrogen-bond acceptors (Lipinski definition) is 1. The van der Waals surface area contributed by atoms with E-state index >= 15 is 0 Å². The van der Waals surface area contributed by atoms with Crippen molar-refractivity contribution < 1.29 is 6.48 Å². The molecule has 0 aliphatic heterocycles. The molecule has 1 N–H and O–H groups in total. The molecule has 1 nitrogen and oxygen atoms in total. The van der Waals surface area contributed by atoms with Crippen LogP contribution in [0.1, 0.15) is 18.1 Å². The number of rotatable bonds is 1. The van der Waals surface area contributed by atoms with Crippen LogP contribution in [-0.4, -0.2) is 5.11 Å². The van der Waals surface area contributed by atoms with Gasteiger partial charge in [-0.2, -0.15) is 0 Å². The van der Waals surface area contributed by atoms with Gasteiger partial charge in [0, 0.05) is 0 Å². The summed E-state index contributed by atoms with van der Waals surface area (Å²) in [6.45, 7) is 2.70. The average Bonchev–Trinajstić information content (AvgIpc) is 1.85. The predicted molar refractivity (Wildman–Crippen MR) is 41.8 cm³/mol. The first-order valence-electron chi connectivity index (χ1n) is 3.87. The van der Waals surface area contributed by atoms with E-state index in [1.807, 2.05) is 32.0 Å². The lowest BCUT2D eigenvalue weighted by molar-refractivity contribution is 0.280. The molecule has 0 spiro atoms. The molecule has 1 atom stereocenters. The molecule has 0 aromatic heterocycles. The van der Waals surface area contributed by atoms with Crippen LogP contribution in [0.5, 0.6) is 0 Å². The third-order valence-electron chi connectivity index (χ3n) is 1.67. The van der Waals surface area contributed by atoms with Crippen molar-refractivity contribution in [3.05, 3.63) is 34.9 Å². The normalized spacial score (nSPS) is 14.5. The first kappa shape index (κ1) is 5.93. The molecule has 1 aromatic rings. The minimum Gasteiger partial charge on any atom is -0.392 e. The molecule has 0 bridgehead atoms. The molecule has 0 radical (unpaired) electrons. The minimum atomic E-state index is -1.10. The maximum atomic E-state index is 9.05. The Kier molecular flexibility index (Phi) is 1.68. The largest absolute Gasteiger partial charge is 0.392 e. The first-order chi connectivity index (χ1) is 5.13. The smallest absolute Gasteiger partial charge is 0.0686 e. The first-order valence-corrected chi connectivity index (χ1v) is 3.29. The van der Waals surface area contributed by atoms with Crippen molar-refractivity contribution in [1.82, 2.24) is 0 Å². The molecule has 1 rings (SSSR count). The van der Waals surface area contributed by atoms with Gasteiger partial charge in [-0.3, -0.25) is 0 Å². The van der Waals surface area contributed by atoms with Gasteiger partial charge in [-0.15, -0.1) is 0 Å². The van der Waals surface area contributed by atoms with Gasteiger partial charge in [-0.1, -0.05) is 18.2 Å². The molecule has 0 unspecified atom stereocenters. The number of aliphatic hydroxyl groups is 1. The Bertz CT molecular complexity index is 235. The third kappa shape index (κ3) is 1.19. The van der Waals surface area contributed by atoms with Crippen LogP contribution in [-0.2, 0) is 6.58 Å². The van der Waals surface area contributed by atoms with Gasteiger partial charge in [0.25, 0.3) is 0 Å². The van der Waals surface area contributed by atoms with Crippen LogP contribution in [0.4, 0.5) is 0 Å². The van der Waals surface area contributed by atoms with E-state index in [-0.39, 0.29) is 0 Å². The van der Waals surface area contributed by atoms with Gasteiger partial charge < -0.3 is 5.11 Å². The molecule has 0 aliphatic rings. The quantitative estimate of drug-likeness (QED) is 0.625. The lowest BCUT2D eigenvalue weighted by atomic mass is 10.0. The molecule has 1 aromatic carbocycles. The van der Waals surface area contributed by atoms with Gasteiger partial charge in [0.1, 0.15) is 0 Å². The Labute approximate surface area is 62.7 Å². The molecule has 0 heterocycles. The Morgan fingerprint density at radius 1 is 1.40 bits per heavy atom. The summed E-state index contributed by atoms with van der Waals surface area (Å²) in [5, 5.41) is 9.05. The number of aliphatic hydroxyl groups excluding tert-OH is 1. The topological polar surface area (TPSA) is 20.2 Å². The van der Waals surface area contributed by atoms with Crippen LogP contribution in [0, 0.1) is 13.8 Å². The van der Waals surface area contributed by atoms with Gasteiger partial charge in [0.05, 0.1) is 7.95 Å². The van der Waals surface area contributed by atoms with Crippen LogP contribution < -0.4 is 0 Å². The zero-order valence-electron chi connectivity index (χ0n) is 7.26. The molecule has 10 heavy (non-hydrogen) atoms. The van der Waals surface area contributed by atoms with Crippen LogP contribution in [0.3, 0.4) is 0 Å². The molecular formula is C9H12O. The number of aryl methyl sites for hydroxylation is 2. The maximum Gasteiger partial charge on any atom is 0.0686 e. The lowest BCUT2D eigenvalue weighted by Gasteiger charge is -2.04. The van der Waals surface area contributed by atoms with E-state index in [1.165, 1.54) is 0 Å². The summed E-state index contributed by atoms with van der Waals surface area (Å²) in [5.74, 6) is 0. The lowest BCUT2D eigenvalue weighted by Crippen LogP contribution is -1.91. The fraction of sp³-hybridized carbons (Fsp3) is 0.333. The Morgan fingerprint density at radius 2 is 1.90 bits per heavy atom. The Balaban J connectivity index is 3.21. The van der Waals surface area contributed by atoms with Crippen molar-refractivity contribution in [2.45, 2.75) is 20.4 Å². The SMILES string of the molecule is [2H][C@H](O)c1c(C)cccc1C. The summed E-state index contributed by atoms with van der Waals surface area (Å²) in [7, 11) is 0. The van der Waals surface area contributed by atoms with E-state index in [1.54, 1.807) is 0 Å². The van der Waals surface area contributed by atoms with Gasteiger partial charge in [0.15, 0.2) is 0 Å². The second-order valence-electron chi connectivity index (χ2n) is 2.43. The van der Waals surface area contributed by atoms with Crippen molar-refractivity contribution in [2.75, 3.05) is 0 Å². The summed E-state index contributed by atoms with van der Waals surface area (Å²) >= 11 is 0. The predicted octanol–water partition coefficient (Wildman–Crippen LogP) is 1.80. The fourth-order valence-corrected chi connectivity index (χ4v) is 1.03. The zero-order chi connectivity index (χ0) is 8.43.